The standard InChI is InChI=1S/C15H26N2O5/c1-6-7-8-16-9-11(13(19)21-5)17(10-12(16)18)14(20)22-15(2,3)4/h9,12,18H,6-8,10H2,1-5H3. The summed E-state index contributed by atoms with van der Waals surface area (Å²) in [4.78, 5) is 26.9. The van der Waals surface area contributed by atoms with E-state index in [1.165, 1.54) is 13.3 Å². The van der Waals surface area contributed by atoms with Crippen molar-refractivity contribution in [2.24, 2.45) is 0 Å². The molecule has 1 atom stereocenters. The Morgan fingerprint density at radius 2 is 2.05 bits per heavy atom. The van der Waals surface area contributed by atoms with Crippen molar-refractivity contribution in [3.8, 4) is 0 Å². The number of hydrogen-bond donors (Lipinski definition) is 1. The van der Waals surface area contributed by atoms with Crippen molar-refractivity contribution >= 4 is 12.1 Å². The number of aliphatic hydroxyl groups is 1. The van der Waals surface area contributed by atoms with Crippen LogP contribution in [0, 0.1) is 0 Å². The maximum Gasteiger partial charge on any atom is 0.415 e. The minimum atomic E-state index is -0.882. The molecule has 126 valence electrons. The fourth-order valence-corrected chi connectivity index (χ4v) is 1.99. The minimum Gasteiger partial charge on any atom is -0.464 e. The van der Waals surface area contributed by atoms with Crippen molar-refractivity contribution in [2.75, 3.05) is 20.2 Å². The number of ether oxygens (including phenoxy) is 2. The summed E-state index contributed by atoms with van der Waals surface area (Å²) in [7, 11) is 1.25. The molecule has 0 aromatic carbocycles. The Kier molecular flexibility index (Phi) is 6.22. The van der Waals surface area contributed by atoms with Crippen LogP contribution in [-0.2, 0) is 14.3 Å². The lowest BCUT2D eigenvalue weighted by atomic mass is 10.2. The summed E-state index contributed by atoms with van der Waals surface area (Å²) in [6.45, 7) is 7.80. The quantitative estimate of drug-likeness (QED) is 0.795. The molecule has 1 amide bonds. The van der Waals surface area contributed by atoms with Crippen LogP contribution in [0.1, 0.15) is 40.5 Å². The van der Waals surface area contributed by atoms with Crippen molar-refractivity contribution in [3.63, 3.8) is 0 Å². The zero-order valence-electron chi connectivity index (χ0n) is 14.0. The normalized spacial score (nSPS) is 18.8. The van der Waals surface area contributed by atoms with Gasteiger partial charge in [-0.2, -0.15) is 0 Å². The zero-order valence-corrected chi connectivity index (χ0v) is 14.0. The topological polar surface area (TPSA) is 79.3 Å². The maximum absolute atomic E-state index is 12.2. The number of unbranched alkanes of at least 4 members (excludes halogenated alkanes) is 1. The number of aliphatic hydroxyl groups excluding tert-OH is 1. The predicted octanol–water partition coefficient (Wildman–Crippen LogP) is 1.67. The Labute approximate surface area is 131 Å². The monoisotopic (exact) mass is 314 g/mol. The van der Waals surface area contributed by atoms with E-state index in [9.17, 15) is 14.7 Å². The lowest BCUT2D eigenvalue weighted by Gasteiger charge is -2.38. The second-order valence-electron chi connectivity index (χ2n) is 6.17. The van der Waals surface area contributed by atoms with E-state index in [2.05, 4.69) is 0 Å². The molecule has 1 N–H and O–H groups in total. The lowest BCUT2D eigenvalue weighted by molar-refractivity contribution is -0.139. The summed E-state index contributed by atoms with van der Waals surface area (Å²) in [5, 5.41) is 10.2. The van der Waals surface area contributed by atoms with Gasteiger partial charge < -0.3 is 19.5 Å². The Morgan fingerprint density at radius 1 is 1.41 bits per heavy atom. The third-order valence-corrected chi connectivity index (χ3v) is 3.09. The van der Waals surface area contributed by atoms with Crippen LogP contribution in [-0.4, -0.2) is 59.0 Å². The van der Waals surface area contributed by atoms with Crippen molar-refractivity contribution in [1.29, 1.82) is 0 Å². The van der Waals surface area contributed by atoms with Gasteiger partial charge in [0.25, 0.3) is 0 Å². The first-order chi connectivity index (χ1) is 10.2. The number of rotatable bonds is 4. The number of β-amino-alcohol motifs (C(OH)–C–C–N with tert-alkyl or cyclic N) is 1. The van der Waals surface area contributed by atoms with Gasteiger partial charge >= 0.3 is 12.1 Å². The average Bonchev–Trinajstić information content (AvgIpc) is 2.43. The highest BCUT2D eigenvalue weighted by Crippen LogP contribution is 2.21. The van der Waals surface area contributed by atoms with Crippen molar-refractivity contribution in [1.82, 2.24) is 9.80 Å². The van der Waals surface area contributed by atoms with Gasteiger partial charge in [0.2, 0.25) is 0 Å². The molecule has 0 spiro atoms. The molecule has 1 unspecified atom stereocenters. The zero-order chi connectivity index (χ0) is 16.9. The molecular weight excluding hydrogens is 288 g/mol. The SMILES string of the molecule is CCCCN1C=C(C(=O)OC)N(C(=O)OC(C)(C)C)CC1O. The van der Waals surface area contributed by atoms with Gasteiger partial charge in [0, 0.05) is 12.7 Å². The number of esters is 1. The van der Waals surface area contributed by atoms with Crippen LogP contribution in [0.15, 0.2) is 11.9 Å². The second kappa shape index (κ2) is 7.49. The van der Waals surface area contributed by atoms with E-state index in [1.54, 1.807) is 25.7 Å². The van der Waals surface area contributed by atoms with Gasteiger partial charge in [0.05, 0.1) is 13.7 Å². The first kappa shape index (κ1) is 18.3. The largest absolute Gasteiger partial charge is 0.464 e. The van der Waals surface area contributed by atoms with E-state index in [-0.39, 0.29) is 12.2 Å². The summed E-state index contributed by atoms with van der Waals surface area (Å²) in [6.07, 6.45) is 1.72. The summed E-state index contributed by atoms with van der Waals surface area (Å²) in [6, 6.07) is 0. The Hall–Kier alpha value is -1.76. The fourth-order valence-electron chi connectivity index (χ4n) is 1.99. The summed E-state index contributed by atoms with van der Waals surface area (Å²) in [5.41, 5.74) is -0.624. The molecule has 0 aromatic heterocycles. The summed E-state index contributed by atoms with van der Waals surface area (Å²) >= 11 is 0. The van der Waals surface area contributed by atoms with Crippen molar-refractivity contribution in [2.45, 2.75) is 52.4 Å². The molecule has 7 nitrogen and oxygen atoms in total. The van der Waals surface area contributed by atoms with Gasteiger partial charge in [-0.3, -0.25) is 4.90 Å². The highest BCUT2D eigenvalue weighted by molar-refractivity contribution is 5.92. The smallest absolute Gasteiger partial charge is 0.415 e. The Balaban J connectivity index is 3.00. The number of methoxy groups -OCH3 is 1. The van der Waals surface area contributed by atoms with Crippen LogP contribution in [0.2, 0.25) is 0 Å². The van der Waals surface area contributed by atoms with Crippen LogP contribution in [0.25, 0.3) is 0 Å². The van der Waals surface area contributed by atoms with Crippen molar-refractivity contribution in [3.05, 3.63) is 11.9 Å². The Morgan fingerprint density at radius 3 is 2.55 bits per heavy atom. The molecule has 1 aliphatic rings. The molecule has 7 heteroatoms. The van der Waals surface area contributed by atoms with Crippen LogP contribution in [0.5, 0.6) is 0 Å². The molecule has 0 aliphatic carbocycles. The minimum absolute atomic E-state index is 0.0421. The molecule has 1 heterocycles. The van der Waals surface area contributed by atoms with Gasteiger partial charge in [0.1, 0.15) is 17.5 Å². The van der Waals surface area contributed by atoms with E-state index in [0.717, 1.165) is 17.7 Å². The van der Waals surface area contributed by atoms with Gasteiger partial charge in [-0.05, 0) is 27.2 Å². The number of hydrogen-bond acceptors (Lipinski definition) is 6. The molecule has 0 radical (unpaired) electrons. The van der Waals surface area contributed by atoms with Crippen molar-refractivity contribution < 1.29 is 24.2 Å². The molecule has 0 bridgehead atoms. The van der Waals surface area contributed by atoms with Gasteiger partial charge in [-0.1, -0.05) is 13.3 Å². The van der Waals surface area contributed by atoms with E-state index in [0.29, 0.717) is 6.54 Å². The second-order valence-corrected chi connectivity index (χ2v) is 6.17. The molecule has 22 heavy (non-hydrogen) atoms. The summed E-state index contributed by atoms with van der Waals surface area (Å²) in [5.74, 6) is -0.640. The van der Waals surface area contributed by atoms with Crippen LogP contribution >= 0.6 is 0 Å². The lowest BCUT2D eigenvalue weighted by Crippen LogP contribution is -2.51. The van der Waals surface area contributed by atoms with E-state index >= 15 is 0 Å². The molecule has 0 saturated carbocycles. The molecule has 0 aromatic rings. The van der Waals surface area contributed by atoms with E-state index < -0.39 is 23.9 Å². The van der Waals surface area contributed by atoms with Crippen LogP contribution < -0.4 is 0 Å². The summed E-state index contributed by atoms with van der Waals surface area (Å²) < 4.78 is 10.00. The number of nitrogens with zero attached hydrogens (tertiary/aromatic N) is 2. The van der Waals surface area contributed by atoms with E-state index in [1.807, 2.05) is 6.92 Å². The van der Waals surface area contributed by atoms with Crippen LogP contribution in [0.3, 0.4) is 0 Å². The highest BCUT2D eigenvalue weighted by atomic mass is 16.6. The van der Waals surface area contributed by atoms with Crippen LogP contribution in [0.4, 0.5) is 4.79 Å². The first-order valence-electron chi connectivity index (χ1n) is 7.44. The number of carbonyl (C=O) groups is 2. The first-order valence-corrected chi connectivity index (χ1v) is 7.44. The maximum atomic E-state index is 12.2. The fraction of sp³-hybridized carbons (Fsp3) is 0.733. The average molecular weight is 314 g/mol. The molecule has 0 fully saturated rings. The number of carbonyl (C=O) groups excluding carboxylic acids is 2. The van der Waals surface area contributed by atoms with Gasteiger partial charge in [-0.25, -0.2) is 9.59 Å². The highest BCUT2D eigenvalue weighted by Gasteiger charge is 2.35. The van der Waals surface area contributed by atoms with Gasteiger partial charge in [-0.15, -0.1) is 0 Å². The predicted molar refractivity (Wildman–Crippen MR) is 80.7 cm³/mol. The van der Waals surface area contributed by atoms with Gasteiger partial charge in [0.15, 0.2) is 0 Å². The molecule has 1 aliphatic heterocycles. The molecular formula is C15H26N2O5. The molecule has 0 saturated heterocycles. The Bertz CT molecular complexity index is 442. The third kappa shape index (κ3) is 4.91. The van der Waals surface area contributed by atoms with E-state index in [4.69, 9.17) is 9.47 Å². The molecule has 1 rings (SSSR count). The number of amides is 1. The third-order valence-electron chi connectivity index (χ3n) is 3.09.